The summed E-state index contributed by atoms with van der Waals surface area (Å²) in [5, 5.41) is 92.5. The molecule has 16 unspecified atom stereocenters. The summed E-state index contributed by atoms with van der Waals surface area (Å²) in [4.78, 5) is 24.8. The van der Waals surface area contributed by atoms with Crippen molar-refractivity contribution in [1.29, 1.82) is 0 Å². The SMILES string of the molecule is C.C.CC(=O)O.CC[C@H]1O[C@@H](O[C@@H]2C(OCc3ccccc3)[C@H](N=[N+]=[N-])CC(N=[N+]=[N-])[C@H]2O[C@H]2OC3[C-](C)CC(CBr)O[C@H]3[C@H](C)C2N=[N+]=[N-])C(OCc2ccccc2)[C@H]1O[C@H]1OC(CN=[N+]=[N-])[C@@H](C)[C@@H](OCc2ccccc2)C1N=[N+]=[N-].C[C-]1CC(C)O[C@@H]2C1O[C@H](O[C@@H]1C(N)C[C@@H](N)C(O)[C@H]1O[C@@H]1O[C@H](CO)[C@H](O[C@H]3OC(CN)[C@@H](O)[C@@H](O)C3N)C1O)C(N)[C@H]2O.O.[Y].[Y]. The number of halogens is 1. The van der Waals surface area contributed by atoms with Crippen LogP contribution >= 0.6 is 15.9 Å². The van der Waals surface area contributed by atoms with E-state index < -0.39 is 245 Å². The molecule has 49 heteroatoms. The molecule has 726 valence electrons. The van der Waals surface area contributed by atoms with Crippen molar-refractivity contribution in [1.82, 2.24) is 0 Å². The van der Waals surface area contributed by atoms with Gasteiger partial charge in [-0.25, -0.2) is 0 Å². The van der Waals surface area contributed by atoms with Crippen molar-refractivity contribution in [2.24, 2.45) is 66.1 Å². The Morgan fingerprint density at radius 3 is 1.51 bits per heavy atom. The third-order valence-electron chi connectivity index (χ3n) is 24.4. The molecule has 0 aromatic heterocycles. The summed E-state index contributed by atoms with van der Waals surface area (Å²) in [6.45, 7) is 11.9. The molecule has 0 spiro atoms. The maximum absolute atomic E-state index is 11.2. The van der Waals surface area contributed by atoms with E-state index in [-0.39, 0.29) is 144 Å². The number of alkyl halides is 1. The van der Waals surface area contributed by atoms with Crippen LogP contribution in [-0.2, 0) is 171 Å². The van der Waals surface area contributed by atoms with Crippen LogP contribution in [0.25, 0.3) is 52.2 Å². The van der Waals surface area contributed by atoms with Crippen molar-refractivity contribution in [2.75, 3.05) is 25.0 Å². The molecule has 131 heavy (non-hydrogen) atoms. The van der Waals surface area contributed by atoms with Crippen molar-refractivity contribution in [3.05, 3.63) is 172 Å². The van der Waals surface area contributed by atoms with Crippen molar-refractivity contribution in [2.45, 2.75) is 348 Å². The largest absolute Gasteiger partial charge is 0.481 e. The van der Waals surface area contributed by atoms with Crippen molar-refractivity contribution in [3.63, 3.8) is 0 Å². The molecule has 13 rings (SSSR count). The summed E-state index contributed by atoms with van der Waals surface area (Å²) < 4.78 is 110. The van der Waals surface area contributed by atoms with Gasteiger partial charge in [0.25, 0.3) is 5.97 Å². The topological polar surface area (TPSA) is 721 Å². The minimum atomic E-state index is -1.57. The first-order valence-corrected chi connectivity index (χ1v) is 43.2. The molecule has 10 aliphatic rings. The van der Waals surface area contributed by atoms with Gasteiger partial charge in [0.1, 0.15) is 79.3 Å². The standard InChI is InChI=1S/C51H63BrN15O10.C27H50N5O13.C2H4O2.2CH4.H2O.2Y/c1-5-37-46(76-50-40(62-67-57)42(29(3)38(73-50)24-58-63-53)68-25-31-15-9-6-10-16-31)48(70-27-33-19-13-8-14-20-33)51(72-37)77-47-44(69-26-32-17-11-7-12-18-32)35(59-64-54)22-36(60-65-55)45(47)75-49-39(61-66-56)30(4)43-41(74-49)28(2)21-34(23-52)71-43;1-7-3-8(2)39-24-18(37)14(32)26(42-20(7)24)43-21-10(30)4-9(29)15(34)23(21)45-27-19(38)22(12(6-33)41-27)44-25-13(31)17(36)16(35)11(5-28)40-25;1-2(3)4;;;;;/h6-20,29-30,34-51H,5,21-27H2,1-4H3;8-27,33-38H,3-6,28-32H2,1-2H3;1H3,(H,3,4);2*1H4;1H2;;/q2*-1;;;;;;/t29-,30-,34?,35-,36?,37-,38?,39?,40?,41?,42-,43+,44?,45-,46+,47-,48?,49-,50-,51+;8?,9-,10?,11?,12-,13?,14?,15?,16-,17+,18-,19?,20?,21-,22+,23-,24+,25-,26-,27+;;;;;;/m11....../s1. The molecule has 3 aromatic carbocycles. The van der Waals surface area contributed by atoms with Gasteiger partial charge in [-0.2, -0.15) is 13.8 Å². The number of aliphatic hydroxyl groups excluding tert-OH is 6. The number of nitrogens with two attached hydrogens (primary N) is 5. The fraction of sp³-hybridized carbons (Fsp3) is 0.744. The summed E-state index contributed by atoms with van der Waals surface area (Å²) in [6.07, 6.45) is -29.4. The van der Waals surface area contributed by atoms with Crippen LogP contribution in [0.1, 0.15) is 112 Å². The molecular formula is C82H127BrN20O26Y2-2. The van der Waals surface area contributed by atoms with Gasteiger partial charge < -0.3 is 150 Å². The van der Waals surface area contributed by atoms with Gasteiger partial charge in [-0.15, -0.1) is 12.8 Å². The predicted molar refractivity (Wildman–Crippen MR) is 462 cm³/mol. The monoisotopic (exact) mass is 2060 g/mol. The fourth-order valence-electron chi connectivity index (χ4n) is 17.9. The van der Waals surface area contributed by atoms with Gasteiger partial charge in [0.05, 0.1) is 112 Å². The van der Waals surface area contributed by atoms with Crippen LogP contribution in [0.15, 0.2) is 117 Å². The van der Waals surface area contributed by atoms with E-state index >= 15 is 0 Å². The molecule has 2 aliphatic carbocycles. The fourth-order valence-corrected chi connectivity index (χ4v) is 18.2. The van der Waals surface area contributed by atoms with E-state index in [4.69, 9.17) is 119 Å². The van der Waals surface area contributed by atoms with Crippen LogP contribution in [0.4, 0.5) is 0 Å². The quantitative estimate of drug-likeness (QED) is 0.0126. The van der Waals surface area contributed by atoms with E-state index in [0.29, 0.717) is 24.6 Å². The third kappa shape index (κ3) is 28.5. The van der Waals surface area contributed by atoms with Gasteiger partial charge in [-0.05, 0) is 88.7 Å². The van der Waals surface area contributed by atoms with E-state index in [2.05, 4.69) is 66.1 Å². The van der Waals surface area contributed by atoms with Gasteiger partial charge >= 0.3 is 0 Å². The number of carboxylic acids is 1. The van der Waals surface area contributed by atoms with Gasteiger partial charge in [0.15, 0.2) is 37.7 Å². The first-order chi connectivity index (χ1) is 60.6. The Hall–Kier alpha value is -4.79. The number of carboxylic acid groups (broad SMARTS) is 1. The molecule has 40 atom stereocenters. The Kier molecular flexibility index (Phi) is 48.4. The predicted octanol–water partition coefficient (Wildman–Crippen LogP) is 5.42. The zero-order valence-corrected chi connectivity index (χ0v) is 79.6. The number of aliphatic hydroxyl groups is 6. The normalized spacial score (nSPS) is 40.0. The zero-order valence-electron chi connectivity index (χ0n) is 72.3. The number of nitrogens with zero attached hydrogens (tertiary/aromatic N) is 15. The van der Waals surface area contributed by atoms with Crippen molar-refractivity contribution < 1.29 is 192 Å². The average molecular weight is 2070 g/mol. The summed E-state index contributed by atoms with van der Waals surface area (Å²) in [5.74, 6) is 0.268. The molecule has 0 amide bonds. The number of azide groups is 5. The number of benzene rings is 3. The number of fused-ring (bicyclic) bond motifs is 2. The molecule has 10 fully saturated rings. The second kappa shape index (κ2) is 55.1. The van der Waals surface area contributed by atoms with Crippen LogP contribution in [0.2, 0.25) is 0 Å². The Labute approximate surface area is 818 Å². The Morgan fingerprint density at radius 2 is 0.954 bits per heavy atom. The summed E-state index contributed by atoms with van der Waals surface area (Å²) in [5.41, 5.74) is 82.8. The van der Waals surface area contributed by atoms with Crippen LogP contribution in [-0.4, -0.2) is 305 Å². The maximum Gasteiger partial charge on any atom is 0.300 e. The van der Waals surface area contributed by atoms with Gasteiger partial charge in [-0.3, -0.25) is 16.6 Å². The minimum Gasteiger partial charge on any atom is -0.481 e. The molecule has 0 bridgehead atoms. The van der Waals surface area contributed by atoms with Crippen LogP contribution in [0, 0.1) is 23.7 Å². The van der Waals surface area contributed by atoms with E-state index in [0.717, 1.165) is 35.4 Å². The number of hydrogen-bond acceptors (Lipinski definition) is 34. The number of hydrogen-bond donors (Lipinski definition) is 12. The molecule has 8 heterocycles. The molecule has 8 saturated heterocycles. The summed E-state index contributed by atoms with van der Waals surface area (Å²) >= 11 is 3.56. The van der Waals surface area contributed by atoms with Crippen molar-refractivity contribution >= 4 is 21.9 Å². The number of rotatable bonds is 31. The zero-order chi connectivity index (χ0) is 90.7. The average Bonchev–Trinajstić information content (AvgIpc) is 1.46. The van der Waals surface area contributed by atoms with E-state index in [1.165, 1.54) is 0 Å². The second-order valence-corrected chi connectivity index (χ2v) is 33.8. The van der Waals surface area contributed by atoms with Crippen molar-refractivity contribution in [3.8, 4) is 0 Å². The smallest absolute Gasteiger partial charge is 0.300 e. The number of aliphatic carboxylic acids is 1. The molecule has 19 N–H and O–H groups in total. The number of ether oxygens (including phenoxy) is 17. The summed E-state index contributed by atoms with van der Waals surface area (Å²) in [6, 6.07) is 20.4. The van der Waals surface area contributed by atoms with Gasteiger partial charge in [0.2, 0.25) is 0 Å². The molecule has 2 radical (unpaired) electrons. The van der Waals surface area contributed by atoms with Crippen LogP contribution in [0.5, 0.6) is 0 Å². The molecule has 2 saturated carbocycles. The van der Waals surface area contributed by atoms with E-state index in [1.807, 2.05) is 133 Å². The first kappa shape index (κ1) is 115. The number of carbonyl (C=O) groups is 1. The molecule has 3 aromatic rings. The second-order valence-electron chi connectivity index (χ2n) is 33.1. The molecule has 46 nitrogen and oxygen atoms in total. The van der Waals surface area contributed by atoms with Gasteiger partial charge in [0, 0.05) is 139 Å². The van der Waals surface area contributed by atoms with E-state index in [1.54, 1.807) is 0 Å². The first-order valence-electron chi connectivity index (χ1n) is 42.1. The minimum absolute atomic E-state index is 0. The Balaban J connectivity index is 0.000000418. The van der Waals surface area contributed by atoms with Crippen LogP contribution < -0.4 is 28.7 Å². The Bertz CT molecular complexity index is 4160. The third-order valence-corrected chi connectivity index (χ3v) is 25.1. The van der Waals surface area contributed by atoms with E-state index in [9.17, 15) is 58.3 Å². The maximum atomic E-state index is 11.2. The summed E-state index contributed by atoms with van der Waals surface area (Å²) in [7, 11) is 0. The van der Waals surface area contributed by atoms with Crippen LogP contribution in [0.3, 0.4) is 0 Å². The molecule has 8 aliphatic heterocycles. The van der Waals surface area contributed by atoms with Gasteiger partial charge in [-0.1, -0.05) is 168 Å². The Morgan fingerprint density at radius 1 is 0.489 bits per heavy atom. The molecular weight excluding hydrogens is 1940 g/mol.